The minimum atomic E-state index is -0.926. The summed E-state index contributed by atoms with van der Waals surface area (Å²) in [6.07, 6.45) is -0.00737. The van der Waals surface area contributed by atoms with Crippen molar-refractivity contribution in [2.45, 2.75) is 45.8 Å². The van der Waals surface area contributed by atoms with Crippen molar-refractivity contribution >= 4 is 22.9 Å². The van der Waals surface area contributed by atoms with Crippen LogP contribution in [0.4, 0.5) is 9.18 Å². The Bertz CT molecular complexity index is 1230. The number of H-pyrrole nitrogens is 1. The first-order valence-electron chi connectivity index (χ1n) is 10.2. The van der Waals surface area contributed by atoms with E-state index in [1.165, 1.54) is 12.3 Å². The number of benzene rings is 1. The van der Waals surface area contributed by atoms with Crippen LogP contribution in [0.1, 0.15) is 38.7 Å². The Balaban J connectivity index is 1.69. The maximum Gasteiger partial charge on any atom is 0.414 e. The van der Waals surface area contributed by atoms with Crippen LogP contribution in [-0.4, -0.2) is 32.9 Å². The molecule has 1 aliphatic rings. The van der Waals surface area contributed by atoms with Gasteiger partial charge in [0.2, 0.25) is 0 Å². The van der Waals surface area contributed by atoms with Crippen LogP contribution in [0.25, 0.3) is 22.2 Å². The average Bonchev–Trinajstić information content (AvgIpc) is 3.28. The molecule has 3 aromatic rings. The Labute approximate surface area is 177 Å². The number of nitrogens with one attached hydrogen (secondary N) is 2. The SMILES string of the molecule is CCn1ncc2c(F)cc(-c3ccc(C(CC4OC(=O)NC4=O)C(C)C)c(=O)[nH]3)cc21. The fourth-order valence-electron chi connectivity index (χ4n) is 4.02. The normalized spacial score (nSPS) is 17.3. The van der Waals surface area contributed by atoms with Crippen molar-refractivity contribution in [1.29, 1.82) is 0 Å². The molecule has 8 nitrogen and oxygen atoms in total. The molecule has 2 N–H and O–H groups in total. The summed E-state index contributed by atoms with van der Waals surface area (Å²) in [5.74, 6) is -1.20. The van der Waals surface area contributed by atoms with Gasteiger partial charge in [0.15, 0.2) is 6.10 Å². The largest absolute Gasteiger partial charge is 0.436 e. The lowest BCUT2D eigenvalue weighted by Crippen LogP contribution is -2.29. The molecule has 2 unspecified atom stereocenters. The summed E-state index contributed by atoms with van der Waals surface area (Å²) < 4.78 is 21.3. The van der Waals surface area contributed by atoms with Crippen LogP contribution in [0.2, 0.25) is 0 Å². The molecule has 3 heterocycles. The number of fused-ring (bicyclic) bond motifs is 1. The maximum absolute atomic E-state index is 14.6. The highest BCUT2D eigenvalue weighted by Gasteiger charge is 2.36. The third-order valence-electron chi connectivity index (χ3n) is 5.70. The molecule has 0 bridgehead atoms. The molecule has 31 heavy (non-hydrogen) atoms. The van der Waals surface area contributed by atoms with Crippen LogP contribution in [0.3, 0.4) is 0 Å². The number of amides is 2. The van der Waals surface area contributed by atoms with Crippen molar-refractivity contribution in [1.82, 2.24) is 20.1 Å². The van der Waals surface area contributed by atoms with Gasteiger partial charge in [-0.2, -0.15) is 5.10 Å². The number of ether oxygens (including phenoxy) is 1. The van der Waals surface area contributed by atoms with Crippen LogP contribution in [0.15, 0.2) is 35.3 Å². The number of rotatable bonds is 6. The Morgan fingerprint density at radius 3 is 2.61 bits per heavy atom. The lowest BCUT2D eigenvalue weighted by molar-refractivity contribution is -0.123. The molecule has 162 valence electrons. The summed E-state index contributed by atoms with van der Waals surface area (Å²) in [4.78, 5) is 38.9. The standard InChI is InChI=1S/C22H23FN4O4/c1-4-27-18-8-12(7-16(23)15(18)10-24-27)17-6-5-13(20(28)25-17)14(11(2)3)9-19-21(29)26-22(30)31-19/h5-8,10-11,14,19H,4,9H2,1-3H3,(H,25,28)(H,26,29,30). The van der Waals surface area contributed by atoms with Crippen LogP contribution in [-0.2, 0) is 16.1 Å². The summed E-state index contributed by atoms with van der Waals surface area (Å²) in [5, 5.41) is 6.71. The maximum atomic E-state index is 14.6. The lowest BCUT2D eigenvalue weighted by Gasteiger charge is -2.22. The van der Waals surface area contributed by atoms with Crippen LogP contribution < -0.4 is 10.9 Å². The number of hydrogen-bond donors (Lipinski definition) is 2. The van der Waals surface area contributed by atoms with E-state index in [1.807, 2.05) is 20.8 Å². The second-order valence-electron chi connectivity index (χ2n) is 7.98. The highest BCUT2D eigenvalue weighted by Crippen LogP contribution is 2.31. The first-order chi connectivity index (χ1) is 14.8. The third kappa shape index (κ3) is 3.83. The van der Waals surface area contributed by atoms with E-state index in [-0.39, 0.29) is 23.8 Å². The summed E-state index contributed by atoms with van der Waals surface area (Å²) >= 11 is 0. The van der Waals surface area contributed by atoms with E-state index in [0.29, 0.717) is 34.3 Å². The summed E-state index contributed by atoms with van der Waals surface area (Å²) in [6.45, 7) is 6.38. The van der Waals surface area contributed by atoms with Crippen molar-refractivity contribution in [3.63, 3.8) is 0 Å². The highest BCUT2D eigenvalue weighted by atomic mass is 19.1. The number of aryl methyl sites for hydroxylation is 1. The number of pyridine rings is 1. The predicted octanol–water partition coefficient (Wildman–Crippen LogP) is 3.32. The second-order valence-corrected chi connectivity index (χ2v) is 7.98. The molecule has 2 atom stereocenters. The fraction of sp³-hybridized carbons (Fsp3) is 0.364. The van der Waals surface area contributed by atoms with Gasteiger partial charge in [-0.25, -0.2) is 9.18 Å². The molecule has 1 saturated heterocycles. The molecule has 1 aromatic carbocycles. The van der Waals surface area contributed by atoms with Gasteiger partial charge in [0.25, 0.3) is 11.5 Å². The topological polar surface area (TPSA) is 106 Å². The lowest BCUT2D eigenvalue weighted by atomic mass is 9.84. The first kappa shape index (κ1) is 20.8. The number of imide groups is 1. The predicted molar refractivity (Wildman–Crippen MR) is 112 cm³/mol. The van der Waals surface area contributed by atoms with Crippen LogP contribution in [0, 0.1) is 11.7 Å². The number of aromatic amines is 1. The summed E-state index contributed by atoms with van der Waals surface area (Å²) in [7, 11) is 0. The zero-order valence-corrected chi connectivity index (χ0v) is 17.4. The molecule has 2 aromatic heterocycles. The van der Waals surface area contributed by atoms with Crippen molar-refractivity contribution in [3.8, 4) is 11.3 Å². The van der Waals surface area contributed by atoms with Crippen LogP contribution in [0.5, 0.6) is 0 Å². The number of halogens is 1. The molecule has 0 radical (unpaired) electrons. The summed E-state index contributed by atoms with van der Waals surface area (Å²) in [5.41, 5.74) is 1.82. The second kappa shape index (κ2) is 7.98. The number of hydrogen-bond acceptors (Lipinski definition) is 5. The minimum Gasteiger partial charge on any atom is -0.436 e. The van der Waals surface area contributed by atoms with Gasteiger partial charge in [0.1, 0.15) is 5.82 Å². The molecule has 2 amide bonds. The Hall–Kier alpha value is -3.49. The zero-order chi connectivity index (χ0) is 22.3. The van der Waals surface area contributed by atoms with E-state index >= 15 is 0 Å². The smallest absolute Gasteiger partial charge is 0.414 e. The molecular weight excluding hydrogens is 403 g/mol. The van der Waals surface area contributed by atoms with Crippen molar-refractivity contribution in [2.75, 3.05) is 0 Å². The molecule has 9 heteroatoms. The quantitative estimate of drug-likeness (QED) is 0.629. The van der Waals surface area contributed by atoms with Gasteiger partial charge in [-0.3, -0.25) is 19.6 Å². The van der Waals surface area contributed by atoms with Gasteiger partial charge in [-0.1, -0.05) is 19.9 Å². The molecule has 0 aliphatic carbocycles. The van der Waals surface area contributed by atoms with E-state index in [4.69, 9.17) is 4.74 Å². The van der Waals surface area contributed by atoms with Gasteiger partial charge in [0.05, 0.1) is 17.1 Å². The van der Waals surface area contributed by atoms with E-state index in [0.717, 1.165) is 0 Å². The fourth-order valence-corrected chi connectivity index (χ4v) is 4.02. The van der Waals surface area contributed by atoms with Gasteiger partial charge in [0, 0.05) is 29.8 Å². The summed E-state index contributed by atoms with van der Waals surface area (Å²) in [6, 6.07) is 6.58. The Morgan fingerprint density at radius 1 is 1.23 bits per heavy atom. The molecular formula is C22H23FN4O4. The molecule has 1 fully saturated rings. The van der Waals surface area contributed by atoms with Crippen molar-refractivity contribution in [3.05, 3.63) is 52.2 Å². The van der Waals surface area contributed by atoms with Gasteiger partial charge < -0.3 is 9.72 Å². The van der Waals surface area contributed by atoms with E-state index in [2.05, 4.69) is 15.4 Å². The minimum absolute atomic E-state index is 0.0201. The first-order valence-corrected chi connectivity index (χ1v) is 10.2. The average molecular weight is 426 g/mol. The number of carbonyl (C=O) groups excluding carboxylic acids is 2. The molecule has 1 aliphatic heterocycles. The van der Waals surface area contributed by atoms with E-state index < -0.39 is 23.9 Å². The number of aromatic nitrogens is 3. The van der Waals surface area contributed by atoms with Crippen LogP contribution >= 0.6 is 0 Å². The number of carbonyl (C=O) groups is 2. The number of alkyl carbamates (subject to hydrolysis) is 1. The van der Waals surface area contributed by atoms with Gasteiger partial charge in [-0.15, -0.1) is 0 Å². The van der Waals surface area contributed by atoms with Gasteiger partial charge >= 0.3 is 6.09 Å². The van der Waals surface area contributed by atoms with E-state index in [9.17, 15) is 18.8 Å². The zero-order valence-electron chi connectivity index (χ0n) is 17.4. The Kier molecular flexibility index (Phi) is 5.34. The monoisotopic (exact) mass is 426 g/mol. The number of nitrogens with zero attached hydrogens (tertiary/aromatic N) is 2. The van der Waals surface area contributed by atoms with Crippen molar-refractivity contribution < 1.29 is 18.7 Å². The molecule has 0 spiro atoms. The van der Waals surface area contributed by atoms with Gasteiger partial charge in [-0.05, 0) is 37.0 Å². The van der Waals surface area contributed by atoms with E-state index in [1.54, 1.807) is 22.9 Å². The molecule has 0 saturated carbocycles. The highest BCUT2D eigenvalue weighted by molar-refractivity contribution is 5.99. The third-order valence-corrected chi connectivity index (χ3v) is 5.70. The Morgan fingerprint density at radius 2 is 2.00 bits per heavy atom. The van der Waals surface area contributed by atoms with Crippen molar-refractivity contribution in [2.24, 2.45) is 5.92 Å². The molecule has 4 rings (SSSR count). The number of cyclic esters (lactones) is 1.